The molecule has 2 nitrogen and oxygen atoms in total. The normalized spacial score (nSPS) is 12.2. The van der Waals surface area contributed by atoms with Crippen LogP contribution in [0.25, 0.3) is 0 Å². The molecule has 1 atom stereocenters. The summed E-state index contributed by atoms with van der Waals surface area (Å²) in [6, 6.07) is 10.4. The molecule has 0 aliphatic carbocycles. The van der Waals surface area contributed by atoms with Crippen molar-refractivity contribution in [2.75, 3.05) is 0 Å². The van der Waals surface area contributed by atoms with E-state index >= 15 is 0 Å². The van der Waals surface area contributed by atoms with Crippen LogP contribution in [0.1, 0.15) is 22.6 Å². The van der Waals surface area contributed by atoms with Crippen LogP contribution < -0.4 is 0 Å². The summed E-state index contributed by atoms with van der Waals surface area (Å²) in [5.41, 5.74) is -1.03. The van der Waals surface area contributed by atoms with Crippen LogP contribution >= 0.6 is 0 Å². The molecule has 3 aromatic rings. The summed E-state index contributed by atoms with van der Waals surface area (Å²) >= 11 is 0. The van der Waals surface area contributed by atoms with E-state index < -0.39 is 40.6 Å². The minimum Gasteiger partial charge on any atom is -0.508 e. The Balaban J connectivity index is 2.36. The molecule has 0 saturated heterocycles. The van der Waals surface area contributed by atoms with Gasteiger partial charge in [0, 0.05) is 17.0 Å². The average Bonchev–Trinajstić information content (AvgIpc) is 2.64. The van der Waals surface area contributed by atoms with Crippen molar-refractivity contribution < 1.29 is 32.2 Å². The monoisotopic (exact) mass is 366 g/mol. The van der Waals surface area contributed by atoms with Gasteiger partial charge in [0.05, 0.1) is 0 Å². The van der Waals surface area contributed by atoms with Gasteiger partial charge in [0.25, 0.3) is 0 Å². The first kappa shape index (κ1) is 17.7. The second kappa shape index (κ2) is 6.67. The Bertz CT molecular complexity index is 941. The molecule has 0 saturated carbocycles. The molecule has 134 valence electrons. The number of aromatic hydroxyl groups is 2. The molecule has 0 spiro atoms. The van der Waals surface area contributed by atoms with Crippen molar-refractivity contribution in [1.82, 2.24) is 0 Å². The highest BCUT2D eigenvalue weighted by molar-refractivity contribution is 5.50. The average molecular weight is 366 g/mol. The number of para-hydroxylation sites is 1. The second-order valence-electron chi connectivity index (χ2n) is 5.57. The van der Waals surface area contributed by atoms with E-state index in [1.807, 2.05) is 0 Å². The maximum Gasteiger partial charge on any atom is 0.200 e. The summed E-state index contributed by atoms with van der Waals surface area (Å²) in [5, 5.41) is 19.5. The van der Waals surface area contributed by atoms with Gasteiger partial charge in [-0.15, -0.1) is 0 Å². The molecule has 0 aliphatic rings. The number of phenolic OH excluding ortho intramolecular Hbond substituents is 2. The third-order valence-electron chi connectivity index (χ3n) is 4.01. The van der Waals surface area contributed by atoms with Gasteiger partial charge in [0.1, 0.15) is 11.5 Å². The van der Waals surface area contributed by atoms with Gasteiger partial charge in [0.2, 0.25) is 5.82 Å². The summed E-state index contributed by atoms with van der Waals surface area (Å²) < 4.78 is 69.5. The number of hydrogen-bond donors (Lipinski definition) is 2. The second-order valence-corrected chi connectivity index (χ2v) is 5.57. The first-order valence-electron chi connectivity index (χ1n) is 7.41. The van der Waals surface area contributed by atoms with E-state index in [-0.39, 0.29) is 22.6 Å². The first-order chi connectivity index (χ1) is 12.3. The van der Waals surface area contributed by atoms with E-state index in [1.165, 1.54) is 48.5 Å². The summed E-state index contributed by atoms with van der Waals surface area (Å²) in [5.74, 6) is -12.4. The largest absolute Gasteiger partial charge is 0.508 e. The zero-order valence-electron chi connectivity index (χ0n) is 13.0. The predicted octanol–water partition coefficient (Wildman–Crippen LogP) is 4.97. The number of halogens is 5. The van der Waals surface area contributed by atoms with Gasteiger partial charge >= 0.3 is 0 Å². The van der Waals surface area contributed by atoms with Gasteiger partial charge in [-0.2, -0.15) is 0 Å². The molecule has 3 rings (SSSR count). The quantitative estimate of drug-likeness (QED) is 0.297. The molecule has 2 N–H and O–H groups in total. The molecular weight excluding hydrogens is 355 g/mol. The fourth-order valence-electron chi connectivity index (χ4n) is 2.78. The van der Waals surface area contributed by atoms with Crippen LogP contribution in [0.15, 0.2) is 48.5 Å². The molecule has 7 heteroatoms. The molecule has 0 aromatic heterocycles. The van der Waals surface area contributed by atoms with Crippen molar-refractivity contribution in [3.05, 3.63) is 94.3 Å². The Morgan fingerprint density at radius 3 is 1.65 bits per heavy atom. The third-order valence-corrected chi connectivity index (χ3v) is 4.01. The van der Waals surface area contributed by atoms with Crippen molar-refractivity contribution in [2.45, 2.75) is 5.92 Å². The van der Waals surface area contributed by atoms with Crippen molar-refractivity contribution >= 4 is 0 Å². The van der Waals surface area contributed by atoms with Gasteiger partial charge in [-0.25, -0.2) is 22.0 Å². The van der Waals surface area contributed by atoms with Crippen molar-refractivity contribution in [1.29, 1.82) is 0 Å². The van der Waals surface area contributed by atoms with Gasteiger partial charge in [-0.3, -0.25) is 0 Å². The fourth-order valence-corrected chi connectivity index (χ4v) is 2.78. The number of benzene rings is 3. The van der Waals surface area contributed by atoms with Gasteiger partial charge in [-0.05, 0) is 23.8 Å². The lowest BCUT2D eigenvalue weighted by molar-refractivity contribution is 0.368. The standard InChI is InChI=1S/C19H11F5O2/c20-15-14(16(21)18(23)19(24)17(15)22)13(9-5-7-10(25)8-6-9)11-3-1-2-4-12(11)26/h1-8,13,25-26H. The summed E-state index contributed by atoms with van der Waals surface area (Å²) in [6.07, 6.45) is 0. The van der Waals surface area contributed by atoms with Gasteiger partial charge in [0.15, 0.2) is 23.3 Å². The van der Waals surface area contributed by atoms with Crippen molar-refractivity contribution in [2.24, 2.45) is 0 Å². The molecule has 0 bridgehead atoms. The van der Waals surface area contributed by atoms with Crippen LogP contribution in [0.5, 0.6) is 11.5 Å². The number of hydrogen-bond acceptors (Lipinski definition) is 2. The molecule has 0 aliphatic heterocycles. The Hall–Kier alpha value is -3.09. The topological polar surface area (TPSA) is 40.5 Å². The number of rotatable bonds is 3. The molecule has 0 radical (unpaired) electrons. The van der Waals surface area contributed by atoms with Gasteiger partial charge in [-0.1, -0.05) is 30.3 Å². The van der Waals surface area contributed by atoms with Crippen LogP contribution in [0, 0.1) is 29.1 Å². The Morgan fingerprint density at radius 2 is 1.12 bits per heavy atom. The van der Waals surface area contributed by atoms with Crippen molar-refractivity contribution in [3.8, 4) is 11.5 Å². The van der Waals surface area contributed by atoms with Crippen LogP contribution in [0.4, 0.5) is 22.0 Å². The molecule has 0 amide bonds. The van der Waals surface area contributed by atoms with Crippen molar-refractivity contribution in [3.63, 3.8) is 0 Å². The highest BCUT2D eigenvalue weighted by Gasteiger charge is 2.33. The molecule has 3 aromatic carbocycles. The third kappa shape index (κ3) is 2.85. The van der Waals surface area contributed by atoms with Crippen LogP contribution in [-0.4, -0.2) is 10.2 Å². The maximum absolute atomic E-state index is 14.4. The lowest BCUT2D eigenvalue weighted by Gasteiger charge is -2.21. The number of phenols is 2. The summed E-state index contributed by atoms with van der Waals surface area (Å²) in [7, 11) is 0. The maximum atomic E-state index is 14.4. The summed E-state index contributed by atoms with van der Waals surface area (Å²) in [4.78, 5) is 0. The lowest BCUT2D eigenvalue weighted by Crippen LogP contribution is -2.14. The molecule has 0 fully saturated rings. The zero-order chi connectivity index (χ0) is 19.0. The van der Waals surface area contributed by atoms with E-state index in [0.717, 1.165) is 0 Å². The molecule has 1 unspecified atom stereocenters. The van der Waals surface area contributed by atoms with E-state index in [4.69, 9.17) is 0 Å². The Morgan fingerprint density at radius 1 is 0.615 bits per heavy atom. The smallest absolute Gasteiger partial charge is 0.200 e. The minimum atomic E-state index is -2.26. The van der Waals surface area contributed by atoms with Gasteiger partial charge < -0.3 is 10.2 Å². The minimum absolute atomic E-state index is 0.0543. The molecular formula is C19H11F5O2. The van der Waals surface area contributed by atoms with E-state index in [1.54, 1.807) is 0 Å². The van der Waals surface area contributed by atoms with Crippen LogP contribution in [0.3, 0.4) is 0 Å². The molecule has 0 heterocycles. The Labute approximate surface area is 144 Å². The SMILES string of the molecule is Oc1ccc(C(c2ccccc2O)c2c(F)c(F)c(F)c(F)c2F)cc1. The summed E-state index contributed by atoms with van der Waals surface area (Å²) in [6.45, 7) is 0. The first-order valence-corrected chi connectivity index (χ1v) is 7.41. The lowest BCUT2D eigenvalue weighted by atomic mass is 9.83. The van der Waals surface area contributed by atoms with E-state index in [2.05, 4.69) is 0 Å². The van der Waals surface area contributed by atoms with Crippen LogP contribution in [-0.2, 0) is 0 Å². The van der Waals surface area contributed by atoms with E-state index in [9.17, 15) is 32.2 Å². The fraction of sp³-hybridized carbons (Fsp3) is 0.0526. The van der Waals surface area contributed by atoms with E-state index in [0.29, 0.717) is 0 Å². The highest BCUT2D eigenvalue weighted by Crippen LogP contribution is 2.41. The predicted molar refractivity (Wildman–Crippen MR) is 83.4 cm³/mol. The highest BCUT2D eigenvalue weighted by atomic mass is 19.2. The molecule has 26 heavy (non-hydrogen) atoms. The Kier molecular flexibility index (Phi) is 4.54. The zero-order valence-corrected chi connectivity index (χ0v) is 13.0. The van der Waals surface area contributed by atoms with Crippen LogP contribution in [0.2, 0.25) is 0 Å².